The summed E-state index contributed by atoms with van der Waals surface area (Å²) < 4.78 is 0. The number of amides is 1. The third-order valence-corrected chi connectivity index (χ3v) is 5.15. The summed E-state index contributed by atoms with van der Waals surface area (Å²) in [5.41, 5.74) is 10.8. The van der Waals surface area contributed by atoms with E-state index in [0.29, 0.717) is 42.4 Å². The number of hydrogen-bond acceptors (Lipinski definition) is 6. The van der Waals surface area contributed by atoms with Gasteiger partial charge in [0.15, 0.2) is 11.6 Å². The van der Waals surface area contributed by atoms with E-state index in [0.717, 1.165) is 22.3 Å². The molecule has 0 radical (unpaired) electrons. The summed E-state index contributed by atoms with van der Waals surface area (Å²) in [6.07, 6.45) is 7.62. The van der Waals surface area contributed by atoms with E-state index in [2.05, 4.69) is 19.9 Å². The Morgan fingerprint density at radius 2 is 2.00 bits per heavy atom. The molecule has 4 aromatic rings. The second kappa shape index (κ2) is 7.40. The Labute approximate surface area is 172 Å². The van der Waals surface area contributed by atoms with Crippen LogP contribution in [0.3, 0.4) is 0 Å². The van der Waals surface area contributed by atoms with E-state index in [1.54, 1.807) is 35.6 Å². The minimum atomic E-state index is -0.0234. The molecule has 30 heavy (non-hydrogen) atoms. The second-order valence-corrected chi connectivity index (χ2v) is 7.06. The molecule has 8 heteroatoms. The van der Waals surface area contributed by atoms with Crippen molar-refractivity contribution < 1.29 is 4.79 Å². The molecule has 1 aliphatic heterocycles. The topological polar surface area (TPSA) is 114 Å². The van der Waals surface area contributed by atoms with Gasteiger partial charge in [-0.15, -0.1) is 0 Å². The van der Waals surface area contributed by atoms with Gasteiger partial charge in [0.2, 0.25) is 0 Å². The van der Waals surface area contributed by atoms with E-state index in [1.165, 1.54) is 0 Å². The number of nitrogens with two attached hydrogens (primary N) is 1. The van der Waals surface area contributed by atoms with Gasteiger partial charge >= 0.3 is 0 Å². The molecular weight excluding hydrogens is 378 g/mol. The van der Waals surface area contributed by atoms with Crippen LogP contribution in [0.5, 0.6) is 0 Å². The highest BCUT2D eigenvalue weighted by atomic mass is 16.2. The van der Waals surface area contributed by atoms with Crippen LogP contribution in [0.15, 0.2) is 61.1 Å². The van der Waals surface area contributed by atoms with Crippen LogP contribution >= 0.6 is 0 Å². The number of nitrogens with one attached hydrogen (secondary N) is 1. The van der Waals surface area contributed by atoms with Crippen molar-refractivity contribution in [2.24, 2.45) is 0 Å². The van der Waals surface area contributed by atoms with Crippen molar-refractivity contribution in [2.75, 3.05) is 18.8 Å². The van der Waals surface area contributed by atoms with E-state index in [9.17, 15) is 4.79 Å². The van der Waals surface area contributed by atoms with Gasteiger partial charge in [-0.25, -0.2) is 15.0 Å². The number of aromatic nitrogens is 5. The fourth-order valence-corrected chi connectivity index (χ4v) is 3.55. The lowest BCUT2D eigenvalue weighted by Crippen LogP contribution is -2.34. The molecular formula is C22H19N7O. The molecule has 0 bridgehead atoms. The Hall–Kier alpha value is -4.07. The van der Waals surface area contributed by atoms with Crippen LogP contribution in [0, 0.1) is 0 Å². The number of H-pyrrole nitrogens is 1. The van der Waals surface area contributed by atoms with Gasteiger partial charge < -0.3 is 15.6 Å². The smallest absolute Gasteiger partial charge is 0.255 e. The molecule has 1 aliphatic rings. The fraction of sp³-hybridized carbons (Fsp3) is 0.136. The summed E-state index contributed by atoms with van der Waals surface area (Å²) in [6, 6.07) is 11.3. The van der Waals surface area contributed by atoms with Crippen molar-refractivity contribution in [1.82, 2.24) is 29.8 Å². The molecule has 148 valence electrons. The SMILES string of the molecule is Nc1ncc(C2=CCN(C(=O)c3cccnc3)CC2)nc1-c1nc2ccccc2[nH]1. The lowest BCUT2D eigenvalue weighted by atomic mass is 10.0. The maximum atomic E-state index is 12.6. The van der Waals surface area contributed by atoms with Crippen molar-refractivity contribution in [3.8, 4) is 11.5 Å². The van der Waals surface area contributed by atoms with E-state index in [1.807, 2.05) is 30.3 Å². The average molecular weight is 397 g/mol. The van der Waals surface area contributed by atoms with Gasteiger partial charge in [0.1, 0.15) is 5.69 Å². The number of carbonyl (C=O) groups excluding carboxylic acids is 1. The predicted octanol–water partition coefficient (Wildman–Crippen LogP) is 2.93. The summed E-state index contributed by atoms with van der Waals surface area (Å²) in [4.78, 5) is 35.3. The minimum absolute atomic E-state index is 0.0234. The van der Waals surface area contributed by atoms with Crippen LogP contribution in [0.25, 0.3) is 28.1 Å². The number of rotatable bonds is 3. The van der Waals surface area contributed by atoms with Gasteiger partial charge in [0.05, 0.1) is 28.5 Å². The number of para-hydroxylation sites is 2. The maximum Gasteiger partial charge on any atom is 0.255 e. The van der Waals surface area contributed by atoms with Crippen molar-refractivity contribution in [3.05, 3.63) is 72.3 Å². The van der Waals surface area contributed by atoms with E-state index in [-0.39, 0.29) is 5.91 Å². The molecule has 1 aromatic carbocycles. The normalized spacial score (nSPS) is 14.0. The molecule has 3 N–H and O–H groups in total. The summed E-state index contributed by atoms with van der Waals surface area (Å²) in [5, 5.41) is 0. The quantitative estimate of drug-likeness (QED) is 0.549. The Morgan fingerprint density at radius 3 is 2.77 bits per heavy atom. The summed E-state index contributed by atoms with van der Waals surface area (Å²) in [6.45, 7) is 1.11. The van der Waals surface area contributed by atoms with Crippen molar-refractivity contribution in [3.63, 3.8) is 0 Å². The maximum absolute atomic E-state index is 12.6. The zero-order valence-electron chi connectivity index (χ0n) is 16.1. The van der Waals surface area contributed by atoms with Gasteiger partial charge in [0, 0.05) is 25.5 Å². The van der Waals surface area contributed by atoms with E-state index in [4.69, 9.17) is 10.7 Å². The molecule has 0 atom stereocenters. The highest BCUT2D eigenvalue weighted by molar-refractivity contribution is 5.94. The second-order valence-electron chi connectivity index (χ2n) is 7.06. The number of hydrogen-bond donors (Lipinski definition) is 2. The number of aromatic amines is 1. The molecule has 0 fully saturated rings. The van der Waals surface area contributed by atoms with Gasteiger partial charge in [-0.2, -0.15) is 0 Å². The molecule has 0 aliphatic carbocycles. The van der Waals surface area contributed by atoms with Crippen LogP contribution in [0.4, 0.5) is 5.82 Å². The number of nitrogens with zero attached hydrogens (tertiary/aromatic N) is 5. The van der Waals surface area contributed by atoms with Crippen molar-refractivity contribution in [1.29, 1.82) is 0 Å². The molecule has 5 rings (SSSR count). The first-order chi connectivity index (χ1) is 14.7. The summed E-state index contributed by atoms with van der Waals surface area (Å²) in [7, 11) is 0. The Balaban J connectivity index is 1.41. The first-order valence-corrected chi connectivity index (χ1v) is 9.65. The van der Waals surface area contributed by atoms with Crippen LogP contribution in [-0.2, 0) is 0 Å². The predicted molar refractivity (Wildman–Crippen MR) is 114 cm³/mol. The number of carbonyl (C=O) groups is 1. The lowest BCUT2D eigenvalue weighted by molar-refractivity contribution is 0.0772. The standard InChI is InChI=1S/C22H19N7O/c23-20-19(21-27-16-5-1-2-6-17(16)28-21)26-18(13-25-20)14-7-10-29(11-8-14)22(30)15-4-3-9-24-12-15/h1-7,9,12-13H,8,10-11H2,(H2,23,25)(H,27,28). The molecule has 1 amide bonds. The zero-order valence-corrected chi connectivity index (χ0v) is 16.1. The number of anilines is 1. The van der Waals surface area contributed by atoms with E-state index >= 15 is 0 Å². The largest absolute Gasteiger partial charge is 0.382 e. The summed E-state index contributed by atoms with van der Waals surface area (Å²) in [5.74, 6) is 0.889. The molecule has 0 saturated carbocycles. The lowest BCUT2D eigenvalue weighted by Gasteiger charge is -2.26. The number of imidazole rings is 1. The molecule has 4 heterocycles. The van der Waals surface area contributed by atoms with Crippen LogP contribution in [0.1, 0.15) is 22.5 Å². The number of fused-ring (bicyclic) bond motifs is 1. The highest BCUT2D eigenvalue weighted by Crippen LogP contribution is 2.27. The fourth-order valence-electron chi connectivity index (χ4n) is 3.55. The Kier molecular flexibility index (Phi) is 4.44. The first-order valence-electron chi connectivity index (χ1n) is 9.65. The van der Waals surface area contributed by atoms with Crippen LogP contribution < -0.4 is 5.73 Å². The summed E-state index contributed by atoms with van der Waals surface area (Å²) >= 11 is 0. The molecule has 0 spiro atoms. The zero-order chi connectivity index (χ0) is 20.5. The molecule has 0 unspecified atom stereocenters. The number of benzene rings is 1. The van der Waals surface area contributed by atoms with Crippen molar-refractivity contribution >= 4 is 28.3 Å². The minimum Gasteiger partial charge on any atom is -0.382 e. The van der Waals surface area contributed by atoms with Gasteiger partial charge in [0.25, 0.3) is 5.91 Å². The average Bonchev–Trinajstić information content (AvgIpc) is 3.24. The van der Waals surface area contributed by atoms with E-state index < -0.39 is 0 Å². The molecule has 8 nitrogen and oxygen atoms in total. The first kappa shape index (κ1) is 18.0. The Morgan fingerprint density at radius 1 is 1.10 bits per heavy atom. The third-order valence-electron chi connectivity index (χ3n) is 5.15. The van der Waals surface area contributed by atoms with Gasteiger partial charge in [-0.3, -0.25) is 9.78 Å². The monoisotopic (exact) mass is 397 g/mol. The highest BCUT2D eigenvalue weighted by Gasteiger charge is 2.21. The number of pyridine rings is 1. The Bertz CT molecular complexity index is 1230. The third kappa shape index (κ3) is 3.28. The van der Waals surface area contributed by atoms with Crippen LogP contribution in [0.2, 0.25) is 0 Å². The molecule has 0 saturated heterocycles. The van der Waals surface area contributed by atoms with Crippen LogP contribution in [-0.4, -0.2) is 48.8 Å². The van der Waals surface area contributed by atoms with Crippen molar-refractivity contribution in [2.45, 2.75) is 6.42 Å². The van der Waals surface area contributed by atoms with Gasteiger partial charge in [-0.05, 0) is 36.3 Å². The van der Waals surface area contributed by atoms with Gasteiger partial charge in [-0.1, -0.05) is 18.2 Å². The number of nitrogen functional groups attached to an aromatic ring is 1. The molecule has 3 aromatic heterocycles.